The van der Waals surface area contributed by atoms with E-state index in [0.29, 0.717) is 18.9 Å². The summed E-state index contributed by atoms with van der Waals surface area (Å²) in [4.78, 5) is 26.1. The molecule has 2 fully saturated rings. The lowest BCUT2D eigenvalue weighted by atomic mass is 10.0. The Balaban J connectivity index is 1.71. The molecule has 21 heavy (non-hydrogen) atoms. The van der Waals surface area contributed by atoms with E-state index in [0.717, 1.165) is 38.9 Å². The lowest BCUT2D eigenvalue weighted by Gasteiger charge is -2.24. The van der Waals surface area contributed by atoms with Crippen LogP contribution in [0, 0.1) is 11.8 Å². The topological polar surface area (TPSA) is 61.4 Å². The van der Waals surface area contributed by atoms with Gasteiger partial charge in [0.15, 0.2) is 0 Å². The Morgan fingerprint density at radius 1 is 1.52 bits per heavy atom. The van der Waals surface area contributed by atoms with E-state index in [1.54, 1.807) is 0 Å². The second kappa shape index (κ2) is 7.78. The molecule has 0 aliphatic carbocycles. The molecule has 0 bridgehead atoms. The van der Waals surface area contributed by atoms with Crippen LogP contribution in [0.3, 0.4) is 0 Å². The molecular formula is C16H29N3O2. The van der Waals surface area contributed by atoms with Gasteiger partial charge < -0.3 is 15.5 Å². The summed E-state index contributed by atoms with van der Waals surface area (Å²) in [5.74, 6) is 0.728. The van der Waals surface area contributed by atoms with Crippen LogP contribution in [0.25, 0.3) is 0 Å². The molecule has 0 spiro atoms. The fourth-order valence-corrected chi connectivity index (χ4v) is 3.41. The van der Waals surface area contributed by atoms with E-state index >= 15 is 0 Å². The second-order valence-electron chi connectivity index (χ2n) is 6.52. The summed E-state index contributed by atoms with van der Waals surface area (Å²) in [5.41, 5.74) is 0. The molecule has 5 nitrogen and oxygen atoms in total. The van der Waals surface area contributed by atoms with Gasteiger partial charge in [-0.25, -0.2) is 0 Å². The SMILES string of the molecule is CCCC(C)N1CC(C(=O)NCCC2CCNC2)CC1=O. The van der Waals surface area contributed by atoms with Gasteiger partial charge in [0.1, 0.15) is 0 Å². The van der Waals surface area contributed by atoms with E-state index in [1.165, 1.54) is 6.42 Å². The maximum absolute atomic E-state index is 12.2. The molecule has 2 aliphatic heterocycles. The van der Waals surface area contributed by atoms with E-state index < -0.39 is 0 Å². The number of likely N-dealkylation sites (tertiary alicyclic amines) is 1. The van der Waals surface area contributed by atoms with Crippen molar-refractivity contribution in [3.05, 3.63) is 0 Å². The van der Waals surface area contributed by atoms with E-state index in [-0.39, 0.29) is 23.8 Å². The first-order chi connectivity index (χ1) is 10.1. The van der Waals surface area contributed by atoms with Gasteiger partial charge in [0.05, 0.1) is 5.92 Å². The van der Waals surface area contributed by atoms with Gasteiger partial charge in [-0.1, -0.05) is 13.3 Å². The molecule has 0 aromatic rings. The highest BCUT2D eigenvalue weighted by Gasteiger charge is 2.36. The van der Waals surface area contributed by atoms with Crippen LogP contribution in [-0.4, -0.2) is 48.9 Å². The van der Waals surface area contributed by atoms with Crippen LogP contribution in [0.15, 0.2) is 0 Å². The number of carbonyl (C=O) groups excluding carboxylic acids is 2. The molecule has 2 heterocycles. The van der Waals surface area contributed by atoms with Crippen molar-refractivity contribution in [1.29, 1.82) is 0 Å². The highest BCUT2D eigenvalue weighted by atomic mass is 16.2. The molecule has 5 heteroatoms. The molecule has 2 saturated heterocycles. The number of nitrogens with one attached hydrogen (secondary N) is 2. The monoisotopic (exact) mass is 295 g/mol. The van der Waals surface area contributed by atoms with Gasteiger partial charge in [0.2, 0.25) is 11.8 Å². The van der Waals surface area contributed by atoms with Crippen molar-refractivity contribution in [3.63, 3.8) is 0 Å². The summed E-state index contributed by atoms with van der Waals surface area (Å²) in [7, 11) is 0. The highest BCUT2D eigenvalue weighted by molar-refractivity contribution is 5.89. The van der Waals surface area contributed by atoms with Gasteiger partial charge in [-0.05, 0) is 45.2 Å². The van der Waals surface area contributed by atoms with Crippen LogP contribution in [-0.2, 0) is 9.59 Å². The summed E-state index contributed by atoms with van der Waals surface area (Å²) in [6.45, 7) is 7.70. The molecule has 2 aliphatic rings. The van der Waals surface area contributed by atoms with Crippen molar-refractivity contribution >= 4 is 11.8 Å². The third-order valence-corrected chi connectivity index (χ3v) is 4.78. The molecular weight excluding hydrogens is 266 g/mol. The molecule has 0 radical (unpaired) electrons. The van der Waals surface area contributed by atoms with E-state index in [1.807, 2.05) is 4.90 Å². The number of nitrogens with zero attached hydrogens (tertiary/aromatic N) is 1. The molecule has 2 rings (SSSR count). The standard InChI is InChI=1S/C16H29N3O2/c1-3-4-12(2)19-11-14(9-15(19)20)16(21)18-8-6-13-5-7-17-10-13/h12-14,17H,3-11H2,1-2H3,(H,18,21). The van der Waals surface area contributed by atoms with Gasteiger partial charge in [-0.2, -0.15) is 0 Å². The highest BCUT2D eigenvalue weighted by Crippen LogP contribution is 2.22. The molecule has 0 saturated carbocycles. The average Bonchev–Trinajstić information content (AvgIpc) is 3.08. The quantitative estimate of drug-likeness (QED) is 0.740. The lowest BCUT2D eigenvalue weighted by Crippen LogP contribution is -2.37. The van der Waals surface area contributed by atoms with Crippen molar-refractivity contribution < 1.29 is 9.59 Å². The Hall–Kier alpha value is -1.10. The summed E-state index contributed by atoms with van der Waals surface area (Å²) < 4.78 is 0. The zero-order valence-electron chi connectivity index (χ0n) is 13.4. The number of hydrogen-bond donors (Lipinski definition) is 2. The van der Waals surface area contributed by atoms with E-state index in [4.69, 9.17) is 0 Å². The molecule has 3 unspecified atom stereocenters. The summed E-state index contributed by atoms with van der Waals surface area (Å²) in [6, 6.07) is 0.255. The van der Waals surface area contributed by atoms with Crippen molar-refractivity contribution in [2.24, 2.45) is 11.8 Å². The maximum Gasteiger partial charge on any atom is 0.225 e. The van der Waals surface area contributed by atoms with Crippen molar-refractivity contribution in [2.75, 3.05) is 26.2 Å². The minimum atomic E-state index is -0.154. The number of rotatable bonds is 7. The number of carbonyl (C=O) groups is 2. The minimum absolute atomic E-state index is 0.0560. The second-order valence-corrected chi connectivity index (χ2v) is 6.52. The Labute approximate surface area is 127 Å². The lowest BCUT2D eigenvalue weighted by molar-refractivity contribution is -0.130. The molecule has 0 aromatic carbocycles. The smallest absolute Gasteiger partial charge is 0.225 e. The molecule has 2 amide bonds. The first kappa shape index (κ1) is 16.3. The Kier molecular flexibility index (Phi) is 6.03. The first-order valence-electron chi connectivity index (χ1n) is 8.39. The minimum Gasteiger partial charge on any atom is -0.356 e. The summed E-state index contributed by atoms with van der Waals surface area (Å²) in [6.07, 6.45) is 4.70. The molecule has 2 N–H and O–H groups in total. The Morgan fingerprint density at radius 3 is 3.00 bits per heavy atom. The zero-order chi connectivity index (χ0) is 15.2. The predicted octanol–water partition coefficient (Wildman–Crippen LogP) is 1.14. The van der Waals surface area contributed by atoms with Gasteiger partial charge in [-0.15, -0.1) is 0 Å². The van der Waals surface area contributed by atoms with Gasteiger partial charge in [0.25, 0.3) is 0 Å². The third kappa shape index (κ3) is 4.43. The van der Waals surface area contributed by atoms with Crippen LogP contribution < -0.4 is 10.6 Å². The summed E-state index contributed by atoms with van der Waals surface area (Å²) >= 11 is 0. The average molecular weight is 295 g/mol. The van der Waals surface area contributed by atoms with Gasteiger partial charge in [-0.3, -0.25) is 9.59 Å². The largest absolute Gasteiger partial charge is 0.356 e. The fourth-order valence-electron chi connectivity index (χ4n) is 3.41. The first-order valence-corrected chi connectivity index (χ1v) is 8.39. The van der Waals surface area contributed by atoms with Gasteiger partial charge in [0, 0.05) is 25.6 Å². The summed E-state index contributed by atoms with van der Waals surface area (Å²) in [5, 5.41) is 6.36. The van der Waals surface area contributed by atoms with Crippen molar-refractivity contribution in [2.45, 2.75) is 52.0 Å². The van der Waals surface area contributed by atoms with Crippen molar-refractivity contribution in [1.82, 2.24) is 15.5 Å². The Morgan fingerprint density at radius 2 is 2.33 bits per heavy atom. The van der Waals surface area contributed by atoms with E-state index in [2.05, 4.69) is 24.5 Å². The zero-order valence-corrected chi connectivity index (χ0v) is 13.4. The van der Waals surface area contributed by atoms with Crippen molar-refractivity contribution in [3.8, 4) is 0 Å². The van der Waals surface area contributed by atoms with Crippen LogP contribution in [0.1, 0.15) is 46.0 Å². The maximum atomic E-state index is 12.2. The van der Waals surface area contributed by atoms with Crippen LogP contribution in [0.4, 0.5) is 0 Å². The van der Waals surface area contributed by atoms with E-state index in [9.17, 15) is 9.59 Å². The molecule has 3 atom stereocenters. The third-order valence-electron chi connectivity index (χ3n) is 4.78. The fraction of sp³-hybridized carbons (Fsp3) is 0.875. The molecule has 120 valence electrons. The Bertz CT molecular complexity index is 367. The number of hydrogen-bond acceptors (Lipinski definition) is 3. The predicted molar refractivity (Wildman–Crippen MR) is 82.8 cm³/mol. The van der Waals surface area contributed by atoms with Crippen LogP contribution in [0.2, 0.25) is 0 Å². The number of amides is 2. The van der Waals surface area contributed by atoms with Crippen LogP contribution in [0.5, 0.6) is 0 Å². The molecule has 0 aromatic heterocycles. The van der Waals surface area contributed by atoms with Crippen LogP contribution >= 0.6 is 0 Å². The van der Waals surface area contributed by atoms with Gasteiger partial charge >= 0.3 is 0 Å². The normalized spacial score (nSPS) is 27.1.